The summed E-state index contributed by atoms with van der Waals surface area (Å²) in [5, 5.41) is 3.40. The van der Waals surface area contributed by atoms with Crippen LogP contribution in [0.5, 0.6) is 0 Å². The van der Waals surface area contributed by atoms with E-state index in [0.717, 1.165) is 45.3 Å². The number of ether oxygens (including phenoxy) is 1. The molecule has 0 heterocycles. The van der Waals surface area contributed by atoms with Crippen LogP contribution in [0.1, 0.15) is 67.2 Å². The largest absolute Gasteiger partial charge is 0.465 e. The average molecular weight is 300 g/mol. The molecule has 0 fully saturated rings. The van der Waals surface area contributed by atoms with E-state index in [1.807, 2.05) is 13.8 Å². The van der Waals surface area contributed by atoms with Crippen LogP contribution >= 0.6 is 0 Å². The molecule has 21 heavy (non-hydrogen) atoms. The van der Waals surface area contributed by atoms with Crippen molar-refractivity contribution in [3.05, 3.63) is 0 Å². The first-order chi connectivity index (χ1) is 9.95. The van der Waals surface area contributed by atoms with Gasteiger partial charge in [0.15, 0.2) is 0 Å². The Morgan fingerprint density at radius 2 is 1.71 bits per heavy atom. The van der Waals surface area contributed by atoms with Crippen LogP contribution in [0.25, 0.3) is 0 Å². The summed E-state index contributed by atoms with van der Waals surface area (Å²) >= 11 is 0. The molecule has 126 valence electrons. The van der Waals surface area contributed by atoms with Crippen molar-refractivity contribution in [1.82, 2.24) is 10.2 Å². The Kier molecular flexibility index (Phi) is 10.7. The van der Waals surface area contributed by atoms with Crippen molar-refractivity contribution in [1.29, 1.82) is 0 Å². The predicted molar refractivity (Wildman–Crippen MR) is 89.6 cm³/mol. The van der Waals surface area contributed by atoms with Gasteiger partial charge >= 0.3 is 5.97 Å². The van der Waals surface area contributed by atoms with E-state index in [1.54, 1.807) is 0 Å². The Labute approximate surface area is 131 Å². The molecule has 0 rings (SSSR count). The molecule has 0 radical (unpaired) electrons. The van der Waals surface area contributed by atoms with Crippen molar-refractivity contribution < 1.29 is 9.53 Å². The van der Waals surface area contributed by atoms with E-state index < -0.39 is 5.54 Å². The molecular weight excluding hydrogens is 264 g/mol. The lowest BCUT2D eigenvalue weighted by Gasteiger charge is -2.36. The number of nitrogens with one attached hydrogen (secondary N) is 1. The van der Waals surface area contributed by atoms with Gasteiger partial charge in [0.25, 0.3) is 0 Å². The number of esters is 1. The minimum Gasteiger partial charge on any atom is -0.465 e. The third-order valence-corrected chi connectivity index (χ3v) is 3.84. The fourth-order valence-electron chi connectivity index (χ4n) is 2.77. The molecule has 0 aliphatic rings. The van der Waals surface area contributed by atoms with Gasteiger partial charge in [0.2, 0.25) is 0 Å². The van der Waals surface area contributed by atoms with E-state index in [-0.39, 0.29) is 5.97 Å². The molecule has 0 saturated carbocycles. The second-order valence-electron chi connectivity index (χ2n) is 6.07. The number of hydrogen-bond acceptors (Lipinski definition) is 4. The van der Waals surface area contributed by atoms with Gasteiger partial charge in [0, 0.05) is 6.04 Å². The van der Waals surface area contributed by atoms with Crippen molar-refractivity contribution in [3.63, 3.8) is 0 Å². The van der Waals surface area contributed by atoms with Gasteiger partial charge in [-0.05, 0) is 66.1 Å². The lowest BCUT2D eigenvalue weighted by atomic mass is 9.92. The summed E-state index contributed by atoms with van der Waals surface area (Å²) < 4.78 is 5.28. The monoisotopic (exact) mass is 300 g/mol. The molecule has 2 unspecified atom stereocenters. The molecule has 0 aliphatic heterocycles. The van der Waals surface area contributed by atoms with E-state index in [9.17, 15) is 4.79 Å². The molecule has 0 aliphatic carbocycles. The summed E-state index contributed by atoms with van der Waals surface area (Å²) in [6.07, 6.45) is 4.08. The number of hydrogen-bond donors (Lipinski definition) is 1. The molecule has 0 aromatic heterocycles. The van der Waals surface area contributed by atoms with Crippen LogP contribution in [0.2, 0.25) is 0 Å². The van der Waals surface area contributed by atoms with Crippen molar-refractivity contribution in [2.45, 2.75) is 78.8 Å². The summed E-state index contributed by atoms with van der Waals surface area (Å²) in [5.41, 5.74) is -0.592. The fourth-order valence-corrected chi connectivity index (χ4v) is 2.77. The zero-order valence-corrected chi connectivity index (χ0v) is 15.0. The molecule has 4 heteroatoms. The molecule has 0 bridgehead atoms. The zero-order valence-electron chi connectivity index (χ0n) is 15.0. The molecule has 1 N–H and O–H groups in total. The first-order valence-corrected chi connectivity index (χ1v) is 8.61. The second-order valence-corrected chi connectivity index (χ2v) is 6.07. The van der Waals surface area contributed by atoms with Crippen molar-refractivity contribution in [2.75, 3.05) is 26.2 Å². The average Bonchev–Trinajstić information content (AvgIpc) is 2.45. The zero-order chi connectivity index (χ0) is 16.3. The minimum absolute atomic E-state index is 0.127. The lowest BCUT2D eigenvalue weighted by molar-refractivity contribution is -0.151. The normalized spacial score (nSPS) is 15.8. The highest BCUT2D eigenvalue weighted by Crippen LogP contribution is 2.19. The molecule has 4 nitrogen and oxygen atoms in total. The number of carbonyl (C=O) groups is 1. The Morgan fingerprint density at radius 3 is 2.14 bits per heavy atom. The van der Waals surface area contributed by atoms with Crippen molar-refractivity contribution in [3.8, 4) is 0 Å². The minimum atomic E-state index is -0.592. The molecule has 2 atom stereocenters. The third-order valence-electron chi connectivity index (χ3n) is 3.84. The highest BCUT2D eigenvalue weighted by molar-refractivity contribution is 5.80. The quantitative estimate of drug-likeness (QED) is 0.562. The molecule has 0 spiro atoms. The molecule has 0 aromatic rings. The Morgan fingerprint density at radius 1 is 1.14 bits per heavy atom. The van der Waals surface area contributed by atoms with Gasteiger partial charge in [-0.1, -0.05) is 20.8 Å². The van der Waals surface area contributed by atoms with E-state index in [1.165, 1.54) is 0 Å². The van der Waals surface area contributed by atoms with Crippen molar-refractivity contribution in [2.24, 2.45) is 0 Å². The molecule has 0 saturated heterocycles. The Hall–Kier alpha value is -0.610. The smallest absolute Gasteiger partial charge is 0.326 e. The van der Waals surface area contributed by atoms with Crippen LogP contribution in [0, 0.1) is 0 Å². The number of carbonyl (C=O) groups excluding carboxylic acids is 1. The van der Waals surface area contributed by atoms with E-state index in [4.69, 9.17) is 4.74 Å². The van der Waals surface area contributed by atoms with E-state index in [0.29, 0.717) is 12.6 Å². The standard InChI is InChI=1S/C17H36N2O2/c1-7-11-18-17(6,16(20)21-10-4)14-15(5)19(12-8-2)13-9-3/h15,18H,7-14H2,1-6H3. The van der Waals surface area contributed by atoms with Gasteiger partial charge < -0.3 is 15.0 Å². The molecular formula is C17H36N2O2. The number of rotatable bonds is 12. The first-order valence-electron chi connectivity index (χ1n) is 8.61. The van der Waals surface area contributed by atoms with Crippen LogP contribution in [0.3, 0.4) is 0 Å². The van der Waals surface area contributed by atoms with Crippen LogP contribution in [0.4, 0.5) is 0 Å². The highest BCUT2D eigenvalue weighted by Gasteiger charge is 2.36. The maximum Gasteiger partial charge on any atom is 0.326 e. The van der Waals surface area contributed by atoms with Gasteiger partial charge in [-0.3, -0.25) is 4.79 Å². The lowest BCUT2D eigenvalue weighted by Crippen LogP contribution is -2.54. The van der Waals surface area contributed by atoms with E-state index in [2.05, 4.69) is 37.9 Å². The maximum absolute atomic E-state index is 12.3. The SMILES string of the molecule is CCCNC(C)(CC(C)N(CCC)CCC)C(=O)OCC. The van der Waals surface area contributed by atoms with Crippen LogP contribution in [-0.4, -0.2) is 48.7 Å². The summed E-state index contributed by atoms with van der Waals surface area (Å²) in [6, 6.07) is 0.365. The Balaban J connectivity index is 4.86. The van der Waals surface area contributed by atoms with Crippen LogP contribution < -0.4 is 5.32 Å². The Bertz CT molecular complexity index is 278. The molecule has 0 aromatic carbocycles. The van der Waals surface area contributed by atoms with Crippen molar-refractivity contribution >= 4 is 5.97 Å². The van der Waals surface area contributed by atoms with Crippen LogP contribution in [0.15, 0.2) is 0 Å². The second kappa shape index (κ2) is 11.0. The van der Waals surface area contributed by atoms with Gasteiger partial charge in [0.05, 0.1) is 6.61 Å². The number of nitrogens with zero attached hydrogens (tertiary/aromatic N) is 1. The summed E-state index contributed by atoms with van der Waals surface area (Å²) in [5.74, 6) is -0.127. The topological polar surface area (TPSA) is 41.6 Å². The summed E-state index contributed by atoms with van der Waals surface area (Å²) in [6.45, 7) is 16.0. The maximum atomic E-state index is 12.3. The predicted octanol–water partition coefficient (Wildman–Crippen LogP) is 3.21. The summed E-state index contributed by atoms with van der Waals surface area (Å²) in [4.78, 5) is 14.8. The fraction of sp³-hybridized carbons (Fsp3) is 0.941. The third kappa shape index (κ3) is 7.28. The van der Waals surface area contributed by atoms with Gasteiger partial charge in [-0.2, -0.15) is 0 Å². The summed E-state index contributed by atoms with van der Waals surface area (Å²) in [7, 11) is 0. The van der Waals surface area contributed by atoms with Gasteiger partial charge in [0.1, 0.15) is 5.54 Å². The molecule has 0 amide bonds. The van der Waals surface area contributed by atoms with Gasteiger partial charge in [-0.15, -0.1) is 0 Å². The highest BCUT2D eigenvalue weighted by atomic mass is 16.5. The van der Waals surface area contributed by atoms with E-state index >= 15 is 0 Å². The van der Waals surface area contributed by atoms with Crippen LogP contribution in [-0.2, 0) is 9.53 Å². The van der Waals surface area contributed by atoms with Gasteiger partial charge in [-0.25, -0.2) is 0 Å². The first kappa shape index (κ1) is 20.4.